The van der Waals surface area contributed by atoms with Gasteiger partial charge in [0.15, 0.2) is 0 Å². The van der Waals surface area contributed by atoms with Crippen molar-refractivity contribution in [1.29, 1.82) is 0 Å². The molecule has 0 spiro atoms. The van der Waals surface area contributed by atoms with Crippen LogP contribution in [0.25, 0.3) is 54.2 Å². The van der Waals surface area contributed by atoms with E-state index in [9.17, 15) is 0 Å². The molecule has 0 radical (unpaired) electrons. The molecule has 252 valence electrons. The Hall–Kier alpha value is -3.81. The van der Waals surface area contributed by atoms with Crippen LogP contribution in [0.2, 0.25) is 10.0 Å². The molecule has 0 bridgehead atoms. The van der Waals surface area contributed by atoms with Crippen molar-refractivity contribution in [2.45, 2.75) is 12.8 Å². The van der Waals surface area contributed by atoms with Gasteiger partial charge < -0.3 is 24.8 Å². The average molecular weight is 828 g/mol. The second-order valence-electron chi connectivity index (χ2n) is 12.4. The number of rotatable bonds is 2. The third-order valence-electron chi connectivity index (χ3n) is 9.38. The molecule has 0 unspecified atom stereocenters. The molecule has 5 heteroatoms. The fourth-order valence-corrected chi connectivity index (χ4v) is 8.64. The number of hydrogen-bond donors (Lipinski definition) is 0. The zero-order valence-corrected chi connectivity index (χ0v) is 33.4. The molecule has 2 aliphatic rings. The van der Waals surface area contributed by atoms with Crippen molar-refractivity contribution in [3.63, 3.8) is 0 Å². The van der Waals surface area contributed by atoms with E-state index in [-0.39, 0.29) is 24.8 Å². The van der Waals surface area contributed by atoms with Crippen molar-refractivity contribution in [2.24, 2.45) is 0 Å². The maximum Gasteiger partial charge on any atom is -0.0240 e. The molecule has 0 N–H and O–H groups in total. The van der Waals surface area contributed by atoms with Gasteiger partial charge in [-0.2, -0.15) is 6.08 Å². The summed E-state index contributed by atoms with van der Waals surface area (Å²) in [7, 11) is 0. The Bertz CT molecular complexity index is 2560. The molecule has 0 amide bonds. The SMILES string of the molecule is Clc1cc([C](=[Zr+2])c2cc(Cl)cc3ccccc23)c2ccccc2c1.[C-]1=CC=CC1.[Cl-].[Cl-].[c-]1cccc2c1c1c(c3ccccc32)-c2ccccc2C1. The van der Waals surface area contributed by atoms with Gasteiger partial charge in [0.25, 0.3) is 0 Å². The minimum Gasteiger partial charge on any atom is -1.00 e. The minimum absolute atomic E-state index is 0. The maximum atomic E-state index is 6.38. The molecule has 0 saturated heterocycles. The molecule has 0 aliphatic heterocycles. The largest absolute Gasteiger partial charge is 1.00 e. The number of halogens is 4. The van der Waals surface area contributed by atoms with E-state index >= 15 is 0 Å². The Balaban J connectivity index is 0.000000153. The fourth-order valence-electron chi connectivity index (χ4n) is 7.17. The summed E-state index contributed by atoms with van der Waals surface area (Å²) in [5.41, 5.74) is 8.04. The van der Waals surface area contributed by atoms with Gasteiger partial charge in [-0.15, -0.1) is 47.0 Å². The first-order valence-corrected chi connectivity index (χ1v) is 18.6. The predicted molar refractivity (Wildman–Crippen MR) is 211 cm³/mol. The van der Waals surface area contributed by atoms with E-state index in [0.717, 1.165) is 33.7 Å². The topological polar surface area (TPSA) is 0 Å². The van der Waals surface area contributed by atoms with Gasteiger partial charge in [0.05, 0.1) is 0 Å². The van der Waals surface area contributed by atoms with Crippen LogP contribution in [0, 0.1) is 12.1 Å². The zero-order valence-electron chi connectivity index (χ0n) is 27.9. The van der Waals surface area contributed by atoms with Crippen molar-refractivity contribution < 1.29 is 49.0 Å². The summed E-state index contributed by atoms with van der Waals surface area (Å²) in [6.45, 7) is 0. The molecule has 52 heavy (non-hydrogen) atoms. The Morgan fingerprint density at radius 2 is 1.15 bits per heavy atom. The van der Waals surface area contributed by atoms with Gasteiger partial charge in [-0.3, -0.25) is 6.08 Å². The van der Waals surface area contributed by atoms with Gasteiger partial charge in [-0.05, 0) is 28.5 Å². The summed E-state index contributed by atoms with van der Waals surface area (Å²) in [5.74, 6) is 0. The predicted octanol–water partition coefficient (Wildman–Crippen LogP) is 7.09. The molecule has 2 aliphatic carbocycles. The van der Waals surface area contributed by atoms with Gasteiger partial charge in [-0.1, -0.05) is 53.9 Å². The van der Waals surface area contributed by atoms with E-state index in [4.69, 9.17) is 23.2 Å². The van der Waals surface area contributed by atoms with Crippen molar-refractivity contribution in [3.05, 3.63) is 202 Å². The van der Waals surface area contributed by atoms with Crippen LogP contribution in [0.3, 0.4) is 0 Å². The number of hydrogen-bond acceptors (Lipinski definition) is 0. The van der Waals surface area contributed by atoms with E-state index < -0.39 is 0 Å². The second-order valence-corrected chi connectivity index (χ2v) is 14.5. The molecule has 0 nitrogen and oxygen atoms in total. The van der Waals surface area contributed by atoms with Crippen LogP contribution in [0.5, 0.6) is 0 Å². The Morgan fingerprint density at radius 3 is 1.75 bits per heavy atom. The quantitative estimate of drug-likeness (QED) is 0.129. The molecule has 0 atom stereocenters. The first-order valence-electron chi connectivity index (χ1n) is 16.7. The Labute approximate surface area is 341 Å². The van der Waals surface area contributed by atoms with Gasteiger partial charge >= 0.3 is 166 Å². The summed E-state index contributed by atoms with van der Waals surface area (Å²) in [6, 6.07) is 52.2. The van der Waals surface area contributed by atoms with Crippen LogP contribution in [0.1, 0.15) is 28.7 Å². The molecule has 8 aromatic carbocycles. The minimum atomic E-state index is 0. The third kappa shape index (κ3) is 7.50. The fraction of sp³-hybridized carbons (Fsp3) is 0.0426. The van der Waals surface area contributed by atoms with Crippen molar-refractivity contribution >= 4 is 69.5 Å². The van der Waals surface area contributed by atoms with E-state index in [1.807, 2.05) is 42.5 Å². The number of allylic oxidation sites excluding steroid dienone is 4. The first kappa shape index (κ1) is 37.9. The zero-order chi connectivity index (χ0) is 34.0. The molecule has 0 saturated carbocycles. The van der Waals surface area contributed by atoms with Gasteiger partial charge in [0.2, 0.25) is 0 Å². The van der Waals surface area contributed by atoms with E-state index in [1.165, 1.54) is 93.1 Å². The van der Waals surface area contributed by atoms with Crippen LogP contribution in [-0.2, 0) is 30.7 Å². The summed E-state index contributed by atoms with van der Waals surface area (Å²) >= 11 is 14.1. The summed E-state index contributed by atoms with van der Waals surface area (Å²) < 4.78 is 1.26. The van der Waals surface area contributed by atoms with Crippen LogP contribution >= 0.6 is 23.2 Å². The molecule has 0 aromatic heterocycles. The number of benzene rings is 8. The van der Waals surface area contributed by atoms with Crippen molar-refractivity contribution in [1.82, 2.24) is 0 Å². The van der Waals surface area contributed by atoms with Gasteiger partial charge in [0.1, 0.15) is 0 Å². The van der Waals surface area contributed by atoms with Crippen LogP contribution in [-0.4, -0.2) is 3.21 Å². The molecular formula is C47H30Cl4Zr-2. The smallest absolute Gasteiger partial charge is 0.0240 e. The standard InChI is InChI=1S/C21H12Cl2.C21H13.C5H5.2ClH.Zr/c22-18-10-14-5-1-3-7-20(14)16(12-18)9-17-13-19(23)11-15-6-2-4-8-21(15)17;1-2-8-15-14(7-1)13-20-18-11-4-3-9-16(18)17-10-5-6-12-19(17)21(15)20;1-2-4-5-3-1;;;/h1-8,10-13H;1-10,12H,13H2;1-3H,4H2;2*1H;/q;2*-1;;;+2/p-2. The summed E-state index contributed by atoms with van der Waals surface area (Å²) in [5, 5.41) is 11.6. The van der Waals surface area contributed by atoms with Crippen molar-refractivity contribution in [3.8, 4) is 11.1 Å². The molecule has 8 aromatic rings. The van der Waals surface area contributed by atoms with Gasteiger partial charge in [-0.25, -0.2) is 12.2 Å². The maximum absolute atomic E-state index is 6.38. The average Bonchev–Trinajstić information content (AvgIpc) is 3.87. The van der Waals surface area contributed by atoms with Crippen LogP contribution < -0.4 is 24.8 Å². The second kappa shape index (κ2) is 16.9. The van der Waals surface area contributed by atoms with E-state index in [1.54, 1.807) is 0 Å². The van der Waals surface area contributed by atoms with Gasteiger partial charge in [0, 0.05) is 0 Å². The van der Waals surface area contributed by atoms with Crippen LogP contribution in [0.15, 0.2) is 158 Å². The Kier molecular flexibility index (Phi) is 12.3. The van der Waals surface area contributed by atoms with E-state index in [0.29, 0.717) is 0 Å². The van der Waals surface area contributed by atoms with Crippen molar-refractivity contribution in [2.75, 3.05) is 0 Å². The normalized spacial score (nSPS) is 11.9. The summed E-state index contributed by atoms with van der Waals surface area (Å²) in [6.07, 6.45) is 11.0. The molecule has 10 rings (SSSR count). The first-order chi connectivity index (χ1) is 24.6. The summed E-state index contributed by atoms with van der Waals surface area (Å²) in [4.78, 5) is 0. The monoisotopic (exact) mass is 824 g/mol. The van der Waals surface area contributed by atoms with E-state index in [2.05, 4.69) is 127 Å². The third-order valence-corrected chi connectivity index (χ3v) is 11.1. The number of fused-ring (bicyclic) bond motifs is 10. The Morgan fingerprint density at radius 1 is 0.596 bits per heavy atom. The molecular weight excluding hydrogens is 798 g/mol. The molecule has 0 fully saturated rings. The van der Waals surface area contributed by atoms with Crippen LogP contribution in [0.4, 0.5) is 0 Å². The molecule has 0 heterocycles.